The van der Waals surface area contributed by atoms with E-state index in [0.29, 0.717) is 18.4 Å². The van der Waals surface area contributed by atoms with Crippen LogP contribution in [0.25, 0.3) is 0 Å². The lowest BCUT2D eigenvalue weighted by Crippen LogP contribution is -2.20. The Morgan fingerprint density at radius 1 is 1.18 bits per heavy atom. The van der Waals surface area contributed by atoms with Crippen molar-refractivity contribution in [2.24, 2.45) is 0 Å². The molecule has 0 spiro atoms. The van der Waals surface area contributed by atoms with Crippen LogP contribution in [0, 0.1) is 13.8 Å². The summed E-state index contributed by atoms with van der Waals surface area (Å²) in [5, 5.41) is 0. The normalized spacial score (nSPS) is 10.8. The molecule has 0 fully saturated rings. The fourth-order valence-corrected chi connectivity index (χ4v) is 2.96. The average Bonchev–Trinajstić information content (AvgIpc) is 2.44. The molecule has 0 saturated heterocycles. The first-order chi connectivity index (χ1) is 10.4. The minimum atomic E-state index is 0.496. The van der Waals surface area contributed by atoms with E-state index in [1.165, 1.54) is 5.56 Å². The van der Waals surface area contributed by atoms with Gasteiger partial charge in [0.1, 0.15) is 0 Å². The fourth-order valence-electron chi connectivity index (χ4n) is 2.35. The lowest BCUT2D eigenvalue weighted by Gasteiger charge is -2.24. The third-order valence-electron chi connectivity index (χ3n) is 3.45. The summed E-state index contributed by atoms with van der Waals surface area (Å²) in [7, 11) is 0. The molecule has 2 rings (SSSR count). The van der Waals surface area contributed by atoms with Gasteiger partial charge in [-0.2, -0.15) is 0 Å². The highest BCUT2D eigenvalue weighted by Gasteiger charge is 2.15. The number of hydrogen-bond donors (Lipinski definition) is 0. The smallest absolute Gasteiger partial charge is 0.230 e. The van der Waals surface area contributed by atoms with Crippen molar-refractivity contribution in [3.63, 3.8) is 0 Å². The third kappa shape index (κ3) is 3.74. The van der Waals surface area contributed by atoms with Crippen LogP contribution in [0.2, 0.25) is 0 Å². The van der Waals surface area contributed by atoms with E-state index in [4.69, 9.17) is 0 Å². The van der Waals surface area contributed by atoms with Crippen LogP contribution in [-0.4, -0.2) is 16.5 Å². The lowest BCUT2D eigenvalue weighted by molar-refractivity contribution is 0.864. The van der Waals surface area contributed by atoms with Gasteiger partial charge in [0.2, 0.25) is 5.95 Å². The maximum absolute atomic E-state index is 4.57. The van der Waals surface area contributed by atoms with Crippen LogP contribution in [0.15, 0.2) is 41.4 Å². The predicted molar refractivity (Wildman–Crippen MR) is 96.9 cm³/mol. The number of aryl methyl sites for hydroxylation is 2. The highest BCUT2D eigenvalue weighted by Crippen LogP contribution is 2.33. The van der Waals surface area contributed by atoms with Gasteiger partial charge in [-0.3, -0.25) is 0 Å². The zero-order valence-corrected chi connectivity index (χ0v) is 15.2. The maximum Gasteiger partial charge on any atom is 0.230 e. The first-order valence-electron chi connectivity index (χ1n) is 7.42. The quantitative estimate of drug-likeness (QED) is 0.677. The Hall–Kier alpha value is -1.68. The van der Waals surface area contributed by atoms with Crippen molar-refractivity contribution in [3.05, 3.63) is 58.3 Å². The Morgan fingerprint density at radius 2 is 1.82 bits per heavy atom. The van der Waals surface area contributed by atoms with Gasteiger partial charge >= 0.3 is 0 Å². The molecule has 1 aromatic heterocycles. The molecule has 2 aromatic rings. The van der Waals surface area contributed by atoms with Crippen molar-refractivity contribution >= 4 is 27.6 Å². The van der Waals surface area contributed by atoms with Crippen molar-refractivity contribution in [2.75, 3.05) is 11.4 Å². The van der Waals surface area contributed by atoms with E-state index < -0.39 is 0 Å². The van der Waals surface area contributed by atoms with Gasteiger partial charge in [-0.05, 0) is 59.5 Å². The molecule has 0 bridgehead atoms. The molecule has 0 atom stereocenters. The van der Waals surface area contributed by atoms with Gasteiger partial charge in [0, 0.05) is 22.4 Å². The lowest BCUT2D eigenvalue weighted by atomic mass is 10.0. The van der Waals surface area contributed by atoms with Crippen LogP contribution in [0.4, 0.5) is 11.6 Å². The molecule has 4 heteroatoms. The summed E-state index contributed by atoms with van der Waals surface area (Å²) in [6, 6.07) is 8.42. The van der Waals surface area contributed by atoms with Gasteiger partial charge < -0.3 is 4.90 Å². The van der Waals surface area contributed by atoms with Crippen molar-refractivity contribution in [1.82, 2.24) is 9.97 Å². The second-order valence-electron chi connectivity index (χ2n) is 5.72. The molecule has 0 amide bonds. The summed E-state index contributed by atoms with van der Waals surface area (Å²) in [4.78, 5) is 11.2. The molecular weight excluding hydrogens is 338 g/mol. The first kappa shape index (κ1) is 16.7. The molecule has 0 radical (unpaired) electrons. The zero-order valence-electron chi connectivity index (χ0n) is 13.6. The molecule has 1 aromatic carbocycles. The Bertz CT molecular complexity index is 660. The summed E-state index contributed by atoms with van der Waals surface area (Å²) < 4.78 is 1.04. The number of halogens is 1. The van der Waals surface area contributed by atoms with Gasteiger partial charge in [-0.15, -0.1) is 6.58 Å². The van der Waals surface area contributed by atoms with Crippen LogP contribution in [0.5, 0.6) is 0 Å². The molecule has 116 valence electrons. The van der Waals surface area contributed by atoms with E-state index in [9.17, 15) is 0 Å². The molecule has 22 heavy (non-hydrogen) atoms. The molecule has 0 N–H and O–H groups in total. The van der Waals surface area contributed by atoms with E-state index in [0.717, 1.165) is 21.5 Å². The largest absolute Gasteiger partial charge is 0.306 e. The number of rotatable bonds is 5. The van der Waals surface area contributed by atoms with Gasteiger partial charge in [0.05, 0.1) is 5.69 Å². The topological polar surface area (TPSA) is 29.0 Å². The SMILES string of the molecule is C=CCN(c1nc(C)cc(C)n1)c1ccc(C(C)C)cc1Br. The highest BCUT2D eigenvalue weighted by atomic mass is 79.9. The van der Waals surface area contributed by atoms with E-state index >= 15 is 0 Å². The maximum atomic E-state index is 4.57. The Labute approximate surface area is 141 Å². The molecule has 1 heterocycles. The Morgan fingerprint density at radius 3 is 2.32 bits per heavy atom. The van der Waals surface area contributed by atoms with E-state index in [1.807, 2.05) is 26.0 Å². The van der Waals surface area contributed by atoms with E-state index in [-0.39, 0.29) is 0 Å². The third-order valence-corrected chi connectivity index (χ3v) is 4.09. The summed E-state index contributed by atoms with van der Waals surface area (Å²) in [6.07, 6.45) is 1.86. The number of benzene rings is 1. The van der Waals surface area contributed by atoms with Crippen molar-refractivity contribution in [2.45, 2.75) is 33.6 Å². The minimum absolute atomic E-state index is 0.496. The van der Waals surface area contributed by atoms with Crippen molar-refractivity contribution in [3.8, 4) is 0 Å². The summed E-state index contributed by atoms with van der Waals surface area (Å²) >= 11 is 3.69. The Balaban J connectivity index is 2.50. The van der Waals surface area contributed by atoms with Crippen molar-refractivity contribution < 1.29 is 0 Å². The summed E-state index contributed by atoms with van der Waals surface area (Å²) in [5.41, 5.74) is 4.28. The summed E-state index contributed by atoms with van der Waals surface area (Å²) in [6.45, 7) is 12.9. The van der Waals surface area contributed by atoms with Gasteiger partial charge in [0.15, 0.2) is 0 Å². The fraction of sp³-hybridized carbons (Fsp3) is 0.333. The molecule has 3 nitrogen and oxygen atoms in total. The second kappa shape index (κ2) is 7.05. The summed E-state index contributed by atoms with van der Waals surface area (Å²) in [5.74, 6) is 1.20. The number of hydrogen-bond acceptors (Lipinski definition) is 3. The minimum Gasteiger partial charge on any atom is -0.306 e. The predicted octanol–water partition coefficient (Wildman–Crippen LogP) is 5.30. The van der Waals surface area contributed by atoms with Crippen LogP contribution >= 0.6 is 15.9 Å². The van der Waals surface area contributed by atoms with Crippen LogP contribution in [-0.2, 0) is 0 Å². The molecule has 0 aliphatic carbocycles. The van der Waals surface area contributed by atoms with Crippen LogP contribution in [0.3, 0.4) is 0 Å². The van der Waals surface area contributed by atoms with E-state index in [1.54, 1.807) is 0 Å². The Kier molecular flexibility index (Phi) is 5.35. The van der Waals surface area contributed by atoms with Crippen LogP contribution < -0.4 is 4.90 Å². The number of aromatic nitrogens is 2. The van der Waals surface area contributed by atoms with Crippen LogP contribution in [0.1, 0.15) is 36.7 Å². The molecule has 0 aliphatic rings. The van der Waals surface area contributed by atoms with Crippen molar-refractivity contribution in [1.29, 1.82) is 0 Å². The van der Waals surface area contributed by atoms with Gasteiger partial charge in [-0.1, -0.05) is 26.0 Å². The van der Waals surface area contributed by atoms with E-state index in [2.05, 4.69) is 69.4 Å². The molecule has 0 aliphatic heterocycles. The molecule has 0 saturated carbocycles. The number of nitrogens with zero attached hydrogens (tertiary/aromatic N) is 3. The number of anilines is 2. The van der Waals surface area contributed by atoms with Gasteiger partial charge in [-0.25, -0.2) is 9.97 Å². The van der Waals surface area contributed by atoms with Gasteiger partial charge in [0.25, 0.3) is 0 Å². The molecular formula is C18H22BrN3. The standard InChI is InChI=1S/C18H22BrN3/c1-6-9-22(18-20-13(4)10-14(5)21-18)17-8-7-15(12(2)3)11-16(17)19/h6-8,10-12H,1,9H2,2-5H3. The highest BCUT2D eigenvalue weighted by molar-refractivity contribution is 9.10. The molecule has 0 unspecified atom stereocenters. The monoisotopic (exact) mass is 359 g/mol. The first-order valence-corrected chi connectivity index (χ1v) is 8.22. The zero-order chi connectivity index (χ0) is 16.3. The average molecular weight is 360 g/mol. The second-order valence-corrected chi connectivity index (χ2v) is 6.57.